The minimum Gasteiger partial charge on any atom is -0.504 e. The van der Waals surface area contributed by atoms with Crippen LogP contribution in [0.4, 0.5) is 23.7 Å². The van der Waals surface area contributed by atoms with Crippen LogP contribution in [0.1, 0.15) is 18.1 Å². The molecule has 1 atom stereocenters. The highest BCUT2D eigenvalue weighted by Gasteiger charge is 2.29. The van der Waals surface area contributed by atoms with Gasteiger partial charge in [-0.05, 0) is 55.3 Å². The van der Waals surface area contributed by atoms with E-state index < -0.39 is 17.8 Å². The second-order valence-electron chi connectivity index (χ2n) is 5.60. The number of phenols is 2. The Hall–Kier alpha value is -2.90. The molecule has 0 saturated heterocycles. The summed E-state index contributed by atoms with van der Waals surface area (Å²) in [5, 5.41) is 23.8. The quantitative estimate of drug-likeness (QED) is 0.629. The number of rotatable bonds is 4. The molecule has 0 aromatic heterocycles. The lowest BCUT2D eigenvalue weighted by Crippen LogP contribution is -2.37. The zero-order valence-corrected chi connectivity index (χ0v) is 13.3. The molecule has 2 amide bonds. The van der Waals surface area contributed by atoms with Crippen LogP contribution in [-0.2, 0) is 12.6 Å². The fraction of sp³-hybridized carbons (Fsp3) is 0.235. The summed E-state index contributed by atoms with van der Waals surface area (Å²) in [6, 6.07) is 7.60. The van der Waals surface area contributed by atoms with Crippen molar-refractivity contribution in [3.05, 3.63) is 53.6 Å². The number of phenolic OH excluding ortho intramolecular Hbond substituents is 2. The number of carbonyl (C=O) groups is 1. The normalized spacial score (nSPS) is 12.5. The number of anilines is 1. The molecule has 0 spiro atoms. The lowest BCUT2D eigenvalue weighted by Gasteiger charge is -2.15. The smallest absolute Gasteiger partial charge is 0.416 e. The van der Waals surface area contributed by atoms with E-state index in [-0.39, 0.29) is 23.2 Å². The van der Waals surface area contributed by atoms with Crippen LogP contribution in [0.3, 0.4) is 0 Å². The lowest BCUT2D eigenvalue weighted by atomic mass is 10.1. The molecule has 2 aromatic carbocycles. The number of benzene rings is 2. The molecule has 2 rings (SSSR count). The average molecular weight is 354 g/mol. The van der Waals surface area contributed by atoms with Gasteiger partial charge in [0.05, 0.1) is 5.56 Å². The minimum atomic E-state index is -4.43. The van der Waals surface area contributed by atoms with Crippen LogP contribution in [0.15, 0.2) is 42.5 Å². The van der Waals surface area contributed by atoms with Gasteiger partial charge in [-0.15, -0.1) is 0 Å². The van der Waals surface area contributed by atoms with Crippen molar-refractivity contribution in [1.29, 1.82) is 0 Å². The van der Waals surface area contributed by atoms with Gasteiger partial charge in [-0.1, -0.05) is 6.07 Å². The van der Waals surface area contributed by atoms with Gasteiger partial charge in [0.1, 0.15) is 0 Å². The Morgan fingerprint density at radius 3 is 2.28 bits per heavy atom. The largest absolute Gasteiger partial charge is 0.504 e. The zero-order chi connectivity index (χ0) is 18.6. The summed E-state index contributed by atoms with van der Waals surface area (Å²) in [5.74, 6) is -0.483. The molecule has 0 fully saturated rings. The maximum Gasteiger partial charge on any atom is 0.416 e. The Kier molecular flexibility index (Phi) is 5.41. The van der Waals surface area contributed by atoms with Crippen molar-refractivity contribution in [2.75, 3.05) is 5.32 Å². The first-order valence-corrected chi connectivity index (χ1v) is 7.41. The predicted octanol–water partition coefficient (Wildman–Crippen LogP) is 3.87. The Bertz CT molecular complexity index is 746. The van der Waals surface area contributed by atoms with Crippen LogP contribution >= 0.6 is 0 Å². The monoisotopic (exact) mass is 354 g/mol. The maximum absolute atomic E-state index is 12.5. The van der Waals surface area contributed by atoms with Crippen molar-refractivity contribution in [3.63, 3.8) is 0 Å². The van der Waals surface area contributed by atoms with Crippen molar-refractivity contribution in [3.8, 4) is 11.5 Å². The number of carbonyl (C=O) groups excluding carboxylic acids is 1. The second kappa shape index (κ2) is 7.33. The van der Waals surface area contributed by atoms with Crippen LogP contribution in [-0.4, -0.2) is 22.3 Å². The van der Waals surface area contributed by atoms with Crippen LogP contribution in [0.5, 0.6) is 11.5 Å². The molecule has 0 unspecified atom stereocenters. The molecule has 0 aliphatic rings. The summed E-state index contributed by atoms with van der Waals surface area (Å²) >= 11 is 0. The topological polar surface area (TPSA) is 81.6 Å². The van der Waals surface area contributed by atoms with Gasteiger partial charge in [0, 0.05) is 11.7 Å². The highest BCUT2D eigenvalue weighted by Crippen LogP contribution is 2.29. The van der Waals surface area contributed by atoms with E-state index in [1.807, 2.05) is 0 Å². The standard InChI is InChI=1S/C17H17F3N2O3/c1-10(8-11-2-7-14(23)15(24)9-11)21-16(25)22-13-5-3-12(4-6-13)17(18,19)20/h2-7,9-10,23-24H,8H2,1H3,(H2,21,22,25)/t10-/m0/s1. The summed E-state index contributed by atoms with van der Waals surface area (Å²) in [7, 11) is 0. The number of halogens is 3. The molecule has 0 aliphatic carbocycles. The van der Waals surface area contributed by atoms with E-state index in [9.17, 15) is 28.2 Å². The fourth-order valence-electron chi connectivity index (χ4n) is 2.23. The highest BCUT2D eigenvalue weighted by molar-refractivity contribution is 5.89. The second-order valence-corrected chi connectivity index (χ2v) is 5.60. The Morgan fingerprint density at radius 2 is 1.72 bits per heavy atom. The molecular weight excluding hydrogens is 337 g/mol. The number of aromatic hydroxyl groups is 2. The first-order valence-electron chi connectivity index (χ1n) is 7.41. The van der Waals surface area contributed by atoms with E-state index in [1.54, 1.807) is 13.0 Å². The van der Waals surface area contributed by atoms with E-state index in [2.05, 4.69) is 10.6 Å². The van der Waals surface area contributed by atoms with E-state index in [0.29, 0.717) is 12.0 Å². The van der Waals surface area contributed by atoms with Crippen molar-refractivity contribution in [2.45, 2.75) is 25.6 Å². The molecule has 0 radical (unpaired) electrons. The lowest BCUT2D eigenvalue weighted by molar-refractivity contribution is -0.137. The molecule has 8 heteroatoms. The molecule has 2 aromatic rings. The molecule has 0 heterocycles. The third kappa shape index (κ3) is 5.30. The van der Waals surface area contributed by atoms with Gasteiger partial charge in [0.2, 0.25) is 0 Å². The number of alkyl halides is 3. The summed E-state index contributed by atoms with van der Waals surface area (Å²) in [6.45, 7) is 1.73. The minimum absolute atomic E-state index is 0.232. The molecule has 25 heavy (non-hydrogen) atoms. The van der Waals surface area contributed by atoms with E-state index in [1.165, 1.54) is 24.3 Å². The predicted molar refractivity (Wildman–Crippen MR) is 86.5 cm³/mol. The number of hydrogen-bond donors (Lipinski definition) is 4. The SMILES string of the molecule is C[C@@H](Cc1ccc(O)c(O)c1)NC(=O)Nc1ccc(C(F)(F)F)cc1. The van der Waals surface area contributed by atoms with Crippen molar-refractivity contribution >= 4 is 11.7 Å². The van der Waals surface area contributed by atoms with Gasteiger partial charge < -0.3 is 20.8 Å². The van der Waals surface area contributed by atoms with Gasteiger partial charge in [-0.3, -0.25) is 0 Å². The van der Waals surface area contributed by atoms with E-state index in [4.69, 9.17) is 0 Å². The van der Waals surface area contributed by atoms with Crippen LogP contribution < -0.4 is 10.6 Å². The Balaban J connectivity index is 1.89. The fourth-order valence-corrected chi connectivity index (χ4v) is 2.23. The van der Waals surface area contributed by atoms with Crippen LogP contribution in [0.2, 0.25) is 0 Å². The molecule has 0 saturated carbocycles. The first-order chi connectivity index (χ1) is 11.6. The Labute approximate surface area is 142 Å². The summed E-state index contributed by atoms with van der Waals surface area (Å²) in [6.07, 6.45) is -4.03. The van der Waals surface area contributed by atoms with Gasteiger partial charge in [-0.2, -0.15) is 13.2 Å². The molecule has 5 nitrogen and oxygen atoms in total. The average Bonchev–Trinajstić information content (AvgIpc) is 2.50. The summed E-state index contributed by atoms with van der Waals surface area (Å²) in [4.78, 5) is 11.9. The van der Waals surface area contributed by atoms with Crippen LogP contribution in [0.25, 0.3) is 0 Å². The van der Waals surface area contributed by atoms with Gasteiger partial charge in [0.15, 0.2) is 11.5 Å². The van der Waals surface area contributed by atoms with Crippen molar-refractivity contribution in [2.24, 2.45) is 0 Å². The van der Waals surface area contributed by atoms with E-state index in [0.717, 1.165) is 12.1 Å². The summed E-state index contributed by atoms with van der Waals surface area (Å²) in [5.41, 5.74) is 0.150. The van der Waals surface area contributed by atoms with Crippen LogP contribution in [0, 0.1) is 0 Å². The van der Waals surface area contributed by atoms with Gasteiger partial charge >= 0.3 is 12.2 Å². The van der Waals surface area contributed by atoms with Crippen molar-refractivity contribution in [1.82, 2.24) is 5.32 Å². The molecule has 0 bridgehead atoms. The number of amides is 2. The number of urea groups is 1. The Morgan fingerprint density at radius 1 is 1.08 bits per heavy atom. The highest BCUT2D eigenvalue weighted by atomic mass is 19.4. The van der Waals surface area contributed by atoms with Gasteiger partial charge in [0.25, 0.3) is 0 Å². The third-order valence-corrected chi connectivity index (χ3v) is 3.43. The molecule has 0 aliphatic heterocycles. The third-order valence-electron chi connectivity index (χ3n) is 3.43. The molecular formula is C17H17F3N2O3. The molecule has 134 valence electrons. The molecule has 4 N–H and O–H groups in total. The first kappa shape index (κ1) is 18.4. The summed E-state index contributed by atoms with van der Waals surface area (Å²) < 4.78 is 37.4. The van der Waals surface area contributed by atoms with Gasteiger partial charge in [-0.25, -0.2) is 4.79 Å². The number of nitrogens with one attached hydrogen (secondary N) is 2. The number of hydrogen-bond acceptors (Lipinski definition) is 3. The van der Waals surface area contributed by atoms with E-state index >= 15 is 0 Å². The zero-order valence-electron chi connectivity index (χ0n) is 13.3. The van der Waals surface area contributed by atoms with Crippen molar-refractivity contribution < 1.29 is 28.2 Å². The maximum atomic E-state index is 12.5.